The van der Waals surface area contributed by atoms with E-state index in [-0.39, 0.29) is 18.1 Å². The van der Waals surface area contributed by atoms with Gasteiger partial charge in [0.25, 0.3) is 0 Å². The second kappa shape index (κ2) is 7.70. The van der Waals surface area contributed by atoms with Gasteiger partial charge >= 0.3 is 0 Å². The summed E-state index contributed by atoms with van der Waals surface area (Å²) in [6, 6.07) is 0.575. The monoisotopic (exact) mass is 338 g/mol. The number of nitrogens with zero attached hydrogens (tertiary/aromatic N) is 3. The lowest BCUT2D eigenvalue weighted by Crippen LogP contribution is -2.56. The zero-order valence-corrected chi connectivity index (χ0v) is 14.5. The van der Waals surface area contributed by atoms with Gasteiger partial charge in [-0.3, -0.25) is 9.69 Å². The predicted molar refractivity (Wildman–Crippen MR) is 90.2 cm³/mol. The fourth-order valence-corrected chi connectivity index (χ4v) is 4.09. The molecule has 3 rings (SSSR count). The molecule has 2 saturated heterocycles. The van der Waals surface area contributed by atoms with Crippen molar-refractivity contribution in [2.24, 2.45) is 0 Å². The molecule has 0 bridgehead atoms. The Labute approximate surface area is 141 Å². The summed E-state index contributed by atoms with van der Waals surface area (Å²) in [4.78, 5) is 19.9. The zero-order valence-electron chi connectivity index (χ0n) is 13.6. The summed E-state index contributed by atoms with van der Waals surface area (Å²) in [5, 5.41) is 16.1. The fraction of sp³-hybridized carbons (Fsp3) is 0.750. The number of piperidine rings is 2. The van der Waals surface area contributed by atoms with E-state index in [9.17, 15) is 9.90 Å². The van der Waals surface area contributed by atoms with E-state index in [2.05, 4.69) is 20.6 Å². The van der Waals surface area contributed by atoms with Crippen LogP contribution in [-0.4, -0.2) is 70.2 Å². The van der Waals surface area contributed by atoms with Crippen molar-refractivity contribution in [1.82, 2.24) is 20.1 Å². The highest BCUT2D eigenvalue weighted by Crippen LogP contribution is 2.18. The Morgan fingerprint density at radius 1 is 1.39 bits per heavy atom. The van der Waals surface area contributed by atoms with E-state index in [1.54, 1.807) is 18.3 Å². The van der Waals surface area contributed by atoms with Crippen molar-refractivity contribution < 1.29 is 9.90 Å². The Morgan fingerprint density at radius 3 is 2.78 bits per heavy atom. The van der Waals surface area contributed by atoms with Gasteiger partial charge in [0.15, 0.2) is 0 Å². The largest absolute Gasteiger partial charge is 0.390 e. The number of aliphatic hydroxyl groups is 1. The van der Waals surface area contributed by atoms with Crippen molar-refractivity contribution in [3.63, 3.8) is 0 Å². The summed E-state index contributed by atoms with van der Waals surface area (Å²) in [6.07, 6.45) is 2.57. The summed E-state index contributed by atoms with van der Waals surface area (Å²) in [7, 11) is 0. The Hall–Kier alpha value is -1.02. The third kappa shape index (κ3) is 4.50. The number of aliphatic hydroxyl groups excluding tert-OH is 1. The highest BCUT2D eigenvalue weighted by molar-refractivity contribution is 7.07. The summed E-state index contributed by atoms with van der Waals surface area (Å²) in [5.74, 6) is 0.166. The number of nitrogens with one attached hydrogen (secondary N) is 1. The number of amides is 1. The first-order chi connectivity index (χ1) is 11.1. The van der Waals surface area contributed by atoms with E-state index in [1.807, 2.05) is 10.4 Å². The number of hydrogen-bond acceptors (Lipinski definition) is 6. The van der Waals surface area contributed by atoms with Gasteiger partial charge in [-0.25, -0.2) is 4.98 Å². The van der Waals surface area contributed by atoms with Crippen molar-refractivity contribution >= 4 is 17.2 Å². The molecule has 0 aromatic carbocycles. The molecule has 2 atom stereocenters. The van der Waals surface area contributed by atoms with E-state index in [4.69, 9.17) is 0 Å². The molecule has 1 amide bonds. The molecule has 6 nitrogen and oxygen atoms in total. The molecule has 128 valence electrons. The van der Waals surface area contributed by atoms with Crippen LogP contribution in [0.2, 0.25) is 0 Å². The molecule has 2 fully saturated rings. The highest BCUT2D eigenvalue weighted by atomic mass is 32.1. The highest BCUT2D eigenvalue weighted by Gasteiger charge is 2.30. The lowest BCUT2D eigenvalue weighted by Gasteiger charge is -2.40. The first-order valence-electron chi connectivity index (χ1n) is 8.41. The molecule has 7 heteroatoms. The molecule has 2 aliphatic rings. The van der Waals surface area contributed by atoms with E-state index in [0.29, 0.717) is 12.6 Å². The van der Waals surface area contributed by atoms with Crippen LogP contribution in [0.5, 0.6) is 0 Å². The van der Waals surface area contributed by atoms with Crippen LogP contribution >= 0.6 is 11.3 Å². The normalized spacial score (nSPS) is 27.3. The summed E-state index contributed by atoms with van der Waals surface area (Å²) in [6.45, 7) is 5.79. The molecule has 1 aromatic rings. The number of aromatic nitrogens is 1. The molecule has 2 N–H and O–H groups in total. The fourth-order valence-electron chi connectivity index (χ4n) is 3.54. The maximum Gasteiger partial charge on any atom is 0.219 e. The van der Waals surface area contributed by atoms with Gasteiger partial charge in [0.1, 0.15) is 0 Å². The van der Waals surface area contributed by atoms with Crippen molar-refractivity contribution in [2.45, 2.75) is 50.9 Å². The first-order valence-corrected chi connectivity index (χ1v) is 9.35. The van der Waals surface area contributed by atoms with Crippen LogP contribution in [0.4, 0.5) is 0 Å². The second-order valence-corrected chi connectivity index (χ2v) is 7.34. The van der Waals surface area contributed by atoms with Crippen LogP contribution in [0.25, 0.3) is 0 Å². The second-order valence-electron chi connectivity index (χ2n) is 6.62. The van der Waals surface area contributed by atoms with E-state index in [0.717, 1.165) is 51.1 Å². The van der Waals surface area contributed by atoms with Gasteiger partial charge < -0.3 is 15.3 Å². The lowest BCUT2D eigenvalue weighted by molar-refractivity contribution is -0.130. The molecule has 3 heterocycles. The lowest BCUT2D eigenvalue weighted by atomic mass is 9.97. The van der Waals surface area contributed by atoms with Gasteiger partial charge in [-0.1, -0.05) is 0 Å². The zero-order chi connectivity index (χ0) is 16.2. The number of carbonyl (C=O) groups excluding carboxylic acids is 1. The third-order valence-corrected chi connectivity index (χ3v) is 5.56. The van der Waals surface area contributed by atoms with Crippen LogP contribution in [-0.2, 0) is 11.3 Å². The van der Waals surface area contributed by atoms with Crippen LogP contribution in [0, 0.1) is 0 Å². The SMILES string of the molecule is CC(=O)N1CCC(N[C@@H]2CCN(Cc3cscn3)C[C@H]2O)CC1. The van der Waals surface area contributed by atoms with Gasteiger partial charge in [-0.05, 0) is 19.3 Å². The van der Waals surface area contributed by atoms with Gasteiger partial charge in [-0.15, -0.1) is 11.3 Å². The number of β-amino-alcohol motifs (C(OH)–C–C–N with tert-alkyl or cyclic N) is 1. The number of carbonyl (C=O) groups is 1. The topological polar surface area (TPSA) is 68.7 Å². The minimum Gasteiger partial charge on any atom is -0.390 e. The third-order valence-electron chi connectivity index (χ3n) is 4.93. The van der Waals surface area contributed by atoms with Crippen LogP contribution in [0.15, 0.2) is 10.9 Å². The maximum absolute atomic E-state index is 11.4. The molecular formula is C16H26N4O2S. The number of hydrogen-bond donors (Lipinski definition) is 2. The maximum atomic E-state index is 11.4. The molecule has 2 aliphatic heterocycles. The molecule has 0 radical (unpaired) electrons. The van der Waals surface area contributed by atoms with Gasteiger partial charge in [0.05, 0.1) is 17.3 Å². The summed E-state index contributed by atoms with van der Waals surface area (Å²) < 4.78 is 0. The van der Waals surface area contributed by atoms with Crippen LogP contribution in [0.3, 0.4) is 0 Å². The molecular weight excluding hydrogens is 312 g/mol. The van der Waals surface area contributed by atoms with Crippen molar-refractivity contribution in [3.8, 4) is 0 Å². The summed E-state index contributed by atoms with van der Waals surface area (Å²) in [5.41, 5.74) is 2.94. The van der Waals surface area contributed by atoms with Crippen LogP contribution < -0.4 is 5.32 Å². The Kier molecular flexibility index (Phi) is 5.63. The van der Waals surface area contributed by atoms with Crippen molar-refractivity contribution in [2.75, 3.05) is 26.2 Å². The van der Waals surface area contributed by atoms with Crippen molar-refractivity contribution in [1.29, 1.82) is 0 Å². The van der Waals surface area contributed by atoms with Gasteiger partial charge in [-0.2, -0.15) is 0 Å². The smallest absolute Gasteiger partial charge is 0.219 e. The molecule has 0 spiro atoms. The minimum absolute atomic E-state index is 0.163. The van der Waals surface area contributed by atoms with Gasteiger partial charge in [0, 0.05) is 57.1 Å². The average molecular weight is 338 g/mol. The molecule has 1 aromatic heterocycles. The molecule has 0 unspecified atom stereocenters. The van der Waals surface area contributed by atoms with E-state index >= 15 is 0 Å². The number of likely N-dealkylation sites (tertiary alicyclic amines) is 2. The Morgan fingerprint density at radius 2 is 2.17 bits per heavy atom. The molecule has 0 saturated carbocycles. The predicted octanol–water partition coefficient (Wildman–Crippen LogP) is 0.679. The van der Waals surface area contributed by atoms with E-state index in [1.165, 1.54) is 0 Å². The first kappa shape index (κ1) is 16.8. The summed E-state index contributed by atoms with van der Waals surface area (Å²) >= 11 is 1.61. The van der Waals surface area contributed by atoms with Gasteiger partial charge in [0.2, 0.25) is 5.91 Å². The minimum atomic E-state index is -0.340. The number of rotatable bonds is 4. The standard InChI is InChI=1S/C16H26N4O2S/c1-12(21)20-6-2-13(3-7-20)18-15-4-5-19(9-16(15)22)8-14-10-23-11-17-14/h10-11,13,15-16,18,22H,2-9H2,1H3/t15-,16-/m1/s1. The van der Waals surface area contributed by atoms with Crippen molar-refractivity contribution in [3.05, 3.63) is 16.6 Å². The molecule has 0 aliphatic carbocycles. The van der Waals surface area contributed by atoms with E-state index < -0.39 is 0 Å². The average Bonchev–Trinajstić information content (AvgIpc) is 3.03. The van der Waals surface area contributed by atoms with Crippen LogP contribution in [0.1, 0.15) is 31.9 Å². The quantitative estimate of drug-likeness (QED) is 0.845. The molecule has 23 heavy (non-hydrogen) atoms. The Balaban J connectivity index is 1.43. The Bertz CT molecular complexity index is 502. The number of thiazole rings is 1.